The van der Waals surface area contributed by atoms with Crippen molar-refractivity contribution < 1.29 is 96.2 Å². The van der Waals surface area contributed by atoms with Crippen molar-refractivity contribution in [2.75, 3.05) is 0 Å². The summed E-state index contributed by atoms with van der Waals surface area (Å²) in [5.74, 6) is 0. The Morgan fingerprint density at radius 3 is 1.00 bits per heavy atom. The van der Waals surface area contributed by atoms with Gasteiger partial charge in [0.2, 0.25) is 0 Å². The molecule has 0 fully saturated rings. The summed E-state index contributed by atoms with van der Waals surface area (Å²) in [7, 11) is -10.8. The molecule has 0 aliphatic carbocycles. The van der Waals surface area contributed by atoms with Gasteiger partial charge in [0.05, 0.1) is 0 Å². The second kappa shape index (κ2) is 9.71. The number of hydrogen-bond donors (Lipinski definition) is 2. The van der Waals surface area contributed by atoms with E-state index in [9.17, 15) is 8.39 Å². The van der Waals surface area contributed by atoms with E-state index in [4.69, 9.17) is 28.7 Å². The number of halogens is 2. The van der Waals surface area contributed by atoms with E-state index in [-0.39, 0.29) is 59.1 Å². The van der Waals surface area contributed by atoms with Crippen LogP contribution in [0.3, 0.4) is 0 Å². The molecule has 0 saturated heterocycles. The molecule has 0 atom stereocenters. The molecule has 0 aliphatic heterocycles. The minimum absolute atomic E-state index is 0. The second-order valence-electron chi connectivity index (χ2n) is 0.904. The van der Waals surface area contributed by atoms with Crippen LogP contribution in [0.2, 0.25) is 0 Å². The van der Waals surface area contributed by atoms with Crippen LogP contribution in [0.4, 0.5) is 8.39 Å². The summed E-state index contributed by atoms with van der Waals surface area (Å²) in [4.78, 5) is 30.8. The SMILES string of the molecule is O=P(O)(O)F.O=P([O-])([O-])F.[Na+].[Na+]. The van der Waals surface area contributed by atoms with E-state index < -0.39 is 15.8 Å². The van der Waals surface area contributed by atoms with Gasteiger partial charge in [-0.3, -0.25) is 9.79 Å². The van der Waals surface area contributed by atoms with Gasteiger partial charge in [-0.2, -0.15) is 0 Å². The van der Waals surface area contributed by atoms with Crippen LogP contribution in [0, 0.1) is 0 Å². The normalized spacial score (nSPS) is 9.83. The number of hydrogen-bond acceptors (Lipinski definition) is 4. The van der Waals surface area contributed by atoms with E-state index in [1.807, 2.05) is 0 Å². The Kier molecular flexibility index (Phi) is 19.2. The Hall–Kier alpha value is 2.16. The summed E-state index contributed by atoms with van der Waals surface area (Å²) < 4.78 is 37.6. The zero-order valence-corrected chi connectivity index (χ0v) is 12.0. The standard InChI is InChI=1S/2FH2O3P.2Na/c2*1-5(2,3)4;;/h2*(H2,2,3,4);;/q;;2*+1/p-2. The van der Waals surface area contributed by atoms with Crippen LogP contribution in [-0.2, 0) is 9.13 Å². The maximum Gasteiger partial charge on any atom is 1.00 e. The van der Waals surface area contributed by atoms with Crippen molar-refractivity contribution >= 4 is 15.8 Å². The molecule has 0 aromatic heterocycles. The van der Waals surface area contributed by atoms with E-state index in [0.717, 1.165) is 0 Å². The summed E-state index contributed by atoms with van der Waals surface area (Å²) in [6.45, 7) is 0. The summed E-state index contributed by atoms with van der Waals surface area (Å²) in [5.41, 5.74) is 0. The maximum absolute atomic E-state index is 10.4. The minimum Gasteiger partial charge on any atom is -0.786 e. The Bertz CT molecular complexity index is 134. The third-order valence-electron chi connectivity index (χ3n) is 0. The summed E-state index contributed by atoms with van der Waals surface area (Å²) in [6.07, 6.45) is 0. The van der Waals surface area contributed by atoms with Gasteiger partial charge in [-0.05, 0) is 0 Å². The molecule has 0 rings (SSSR count). The minimum atomic E-state index is -5.64. The predicted octanol–water partition coefficient (Wildman–Crippen LogP) is -7.16. The molecule has 0 unspecified atom stereocenters. The van der Waals surface area contributed by atoms with Crippen molar-refractivity contribution in [1.29, 1.82) is 0 Å². The molecule has 0 heterocycles. The summed E-state index contributed by atoms with van der Waals surface area (Å²) in [5, 5.41) is 0. The molecule has 0 aromatic rings. The first-order valence-corrected chi connectivity index (χ1v) is 4.41. The topological polar surface area (TPSA) is 121 Å². The van der Waals surface area contributed by atoms with Crippen molar-refractivity contribution in [3.05, 3.63) is 0 Å². The fraction of sp³-hybridized carbons (Fsp3) is 0. The molecule has 2 N–H and O–H groups in total. The molecule has 64 valence electrons. The van der Waals surface area contributed by atoms with Gasteiger partial charge in [-0.25, -0.2) is 8.76 Å². The van der Waals surface area contributed by atoms with Gasteiger partial charge in [0.1, 0.15) is 7.91 Å². The van der Waals surface area contributed by atoms with Crippen LogP contribution < -0.4 is 68.9 Å². The zero-order chi connectivity index (χ0) is 9.00. The fourth-order valence-electron chi connectivity index (χ4n) is 0. The van der Waals surface area contributed by atoms with Crippen molar-refractivity contribution in [1.82, 2.24) is 0 Å². The monoisotopic (exact) mass is 244 g/mol. The predicted molar refractivity (Wildman–Crippen MR) is 21.9 cm³/mol. The van der Waals surface area contributed by atoms with Crippen molar-refractivity contribution in [3.63, 3.8) is 0 Å². The summed E-state index contributed by atoms with van der Waals surface area (Å²) in [6, 6.07) is 0. The van der Waals surface area contributed by atoms with Gasteiger partial charge in [-0.15, -0.1) is 4.20 Å². The first-order chi connectivity index (χ1) is 4.00. The third-order valence-corrected chi connectivity index (χ3v) is 0. The molecule has 12 heteroatoms. The van der Waals surface area contributed by atoms with E-state index >= 15 is 0 Å². The molecule has 0 bridgehead atoms. The van der Waals surface area contributed by atoms with E-state index in [1.165, 1.54) is 0 Å². The third kappa shape index (κ3) is 325. The largest absolute Gasteiger partial charge is 1.00 e. The van der Waals surface area contributed by atoms with Crippen LogP contribution in [0.1, 0.15) is 0 Å². The zero-order valence-electron chi connectivity index (χ0n) is 6.18. The quantitative estimate of drug-likeness (QED) is 0.322. The maximum atomic E-state index is 10.4. The van der Waals surface area contributed by atoms with Gasteiger partial charge >= 0.3 is 67.0 Å². The van der Waals surface area contributed by atoms with Gasteiger partial charge in [-0.1, -0.05) is 0 Å². The van der Waals surface area contributed by atoms with Crippen molar-refractivity contribution in [2.45, 2.75) is 0 Å². The molecule has 0 saturated carbocycles. The molecular weight excluding hydrogens is 242 g/mol. The van der Waals surface area contributed by atoms with Crippen molar-refractivity contribution in [2.24, 2.45) is 0 Å². The molecule has 0 aliphatic rings. The molecule has 12 heavy (non-hydrogen) atoms. The average Bonchev–Trinajstić information content (AvgIpc) is 1.12. The summed E-state index contributed by atoms with van der Waals surface area (Å²) >= 11 is 0. The average molecular weight is 244 g/mol. The van der Waals surface area contributed by atoms with Crippen molar-refractivity contribution in [3.8, 4) is 0 Å². The van der Waals surface area contributed by atoms with Crippen LogP contribution >= 0.6 is 15.8 Å². The molecular formula is H2F2Na2O6P2. The fourth-order valence-corrected chi connectivity index (χ4v) is 0. The van der Waals surface area contributed by atoms with Crippen LogP contribution in [0.15, 0.2) is 0 Å². The molecule has 0 spiro atoms. The molecule has 0 radical (unpaired) electrons. The Balaban J connectivity index is -0.0000000457. The van der Waals surface area contributed by atoms with E-state index in [1.54, 1.807) is 0 Å². The van der Waals surface area contributed by atoms with Crippen LogP contribution in [-0.4, -0.2) is 9.79 Å². The Morgan fingerprint density at radius 2 is 1.00 bits per heavy atom. The first kappa shape index (κ1) is 23.8. The molecule has 6 nitrogen and oxygen atoms in total. The molecule has 0 amide bonds. The van der Waals surface area contributed by atoms with Gasteiger partial charge in [0.15, 0.2) is 0 Å². The van der Waals surface area contributed by atoms with E-state index in [2.05, 4.69) is 0 Å². The molecule has 0 aromatic carbocycles. The van der Waals surface area contributed by atoms with Crippen LogP contribution in [0.5, 0.6) is 0 Å². The van der Waals surface area contributed by atoms with E-state index in [0.29, 0.717) is 0 Å². The Labute approximate surface area is 111 Å². The van der Waals surface area contributed by atoms with Gasteiger partial charge in [0.25, 0.3) is 0 Å². The second-order valence-corrected chi connectivity index (χ2v) is 2.71. The smallest absolute Gasteiger partial charge is 0.786 e. The first-order valence-electron chi connectivity index (χ1n) is 1.47. The Morgan fingerprint density at radius 1 is 1.00 bits per heavy atom. The number of rotatable bonds is 0. The van der Waals surface area contributed by atoms with Crippen LogP contribution in [0.25, 0.3) is 0 Å². The van der Waals surface area contributed by atoms with Gasteiger partial charge in [0, 0.05) is 0 Å². The van der Waals surface area contributed by atoms with Gasteiger partial charge < -0.3 is 14.4 Å².